The lowest BCUT2D eigenvalue weighted by atomic mass is 9.85. The van der Waals surface area contributed by atoms with Crippen molar-refractivity contribution in [2.24, 2.45) is 0 Å². The van der Waals surface area contributed by atoms with Gasteiger partial charge < -0.3 is 19.7 Å². The Labute approximate surface area is 435 Å². The van der Waals surface area contributed by atoms with Crippen LogP contribution >= 0.6 is 23.5 Å². The van der Waals surface area contributed by atoms with Gasteiger partial charge in [-0.05, 0) is 134 Å². The summed E-state index contributed by atoms with van der Waals surface area (Å²) in [6.45, 7) is 3.46. The smallest absolute Gasteiger partial charge is 0.187 e. The Bertz CT molecular complexity index is 2810. The number of hydrogen-bond donors (Lipinski definition) is 2. The summed E-state index contributed by atoms with van der Waals surface area (Å²) < 4.78 is 70.0. The fourth-order valence-electron chi connectivity index (χ4n) is 8.71. The predicted molar refractivity (Wildman–Crippen MR) is 299 cm³/mol. The standard InChI is InChI=1S/C60H64O8S4/c1-43(17-15-19-45-27-39-51(69-5)40-28-45)59(71(63,64)53-21-9-7-10-22-53)57(61)55(47-31-35-49(67-3)36-32-47)25-13-14-26-56(48-33-37-50(68-4)38-34-48)58(62)60(72(65,66)54-23-11-8-12-24-54)44(2)18-16-20-46-29-41-52(70-6)42-30-46/h7-24,27-42,55-62H,25-26H2,1-6H3. The minimum absolute atomic E-state index is 0.0865. The van der Waals surface area contributed by atoms with Crippen LogP contribution < -0.4 is 9.47 Å². The molecule has 0 radical (unpaired) electrons. The first-order chi connectivity index (χ1) is 34.7. The molecule has 6 aromatic rings. The molecule has 0 aliphatic heterocycles. The van der Waals surface area contributed by atoms with E-state index in [0.717, 1.165) is 20.9 Å². The number of aliphatic hydroxyl groups is 2. The van der Waals surface area contributed by atoms with E-state index in [0.29, 0.717) is 33.8 Å². The van der Waals surface area contributed by atoms with Gasteiger partial charge in [-0.1, -0.05) is 145 Å². The first-order valence-electron chi connectivity index (χ1n) is 23.6. The van der Waals surface area contributed by atoms with Crippen LogP contribution in [0, 0.1) is 0 Å². The number of thioether (sulfide) groups is 2. The first kappa shape index (κ1) is 55.5. The number of allylic oxidation sites excluding steroid dienone is 6. The second-order valence-corrected chi connectivity index (χ2v) is 23.2. The molecule has 0 aromatic heterocycles. The van der Waals surface area contributed by atoms with Gasteiger partial charge in [0.05, 0.1) is 36.2 Å². The summed E-state index contributed by atoms with van der Waals surface area (Å²) in [7, 11) is -5.20. The summed E-state index contributed by atoms with van der Waals surface area (Å²) in [6, 6.07) is 46.9. The molecule has 0 heterocycles. The van der Waals surface area contributed by atoms with Gasteiger partial charge in [-0.25, -0.2) is 16.8 Å². The molecule has 6 unspecified atom stereocenters. The third-order valence-electron chi connectivity index (χ3n) is 12.7. The molecule has 2 N–H and O–H groups in total. The van der Waals surface area contributed by atoms with Gasteiger partial charge >= 0.3 is 0 Å². The summed E-state index contributed by atoms with van der Waals surface area (Å²) in [5, 5.41) is 22.6. The Balaban J connectivity index is 1.39. The highest BCUT2D eigenvalue weighted by molar-refractivity contribution is 7.98. The summed E-state index contributed by atoms with van der Waals surface area (Å²) >= 11 is 3.29. The maximum atomic E-state index is 14.8. The zero-order chi connectivity index (χ0) is 51.7. The highest BCUT2D eigenvalue weighted by Gasteiger charge is 2.41. The van der Waals surface area contributed by atoms with Crippen molar-refractivity contribution >= 4 is 55.4 Å². The molecule has 12 heteroatoms. The monoisotopic (exact) mass is 1040 g/mol. The SMILES string of the molecule is COc1ccc(C(CC=CCC(c2ccc(OC)cc2)C(O)C(C(C)=CC=Cc2ccc(SC)cc2)S(=O)(=O)c2ccccc2)C(O)C(C(C)=CC=Cc2ccc(SC)cc2)S(=O)(=O)c2ccccc2)cc1. The van der Waals surface area contributed by atoms with E-state index in [1.165, 1.54) is 0 Å². The highest BCUT2D eigenvalue weighted by Crippen LogP contribution is 2.38. The Morgan fingerprint density at radius 1 is 0.500 bits per heavy atom. The number of ether oxygens (including phenoxy) is 2. The van der Waals surface area contributed by atoms with Crippen molar-refractivity contribution in [2.45, 2.75) is 80.8 Å². The average Bonchev–Trinajstić information content (AvgIpc) is 3.40. The molecule has 0 saturated heterocycles. The molecule has 376 valence electrons. The fourth-order valence-corrected chi connectivity index (χ4v) is 13.4. The number of hydrogen-bond acceptors (Lipinski definition) is 10. The zero-order valence-electron chi connectivity index (χ0n) is 41.5. The minimum atomic E-state index is -4.16. The second kappa shape index (κ2) is 26.7. The van der Waals surface area contributed by atoms with Crippen LogP contribution in [0.15, 0.2) is 225 Å². The highest BCUT2D eigenvalue weighted by atomic mass is 32.2. The van der Waals surface area contributed by atoms with Crippen LogP contribution in [0.1, 0.15) is 60.8 Å². The molecule has 0 saturated carbocycles. The van der Waals surface area contributed by atoms with Crippen LogP contribution in [-0.2, 0) is 19.7 Å². The molecule has 8 nitrogen and oxygen atoms in total. The van der Waals surface area contributed by atoms with E-state index in [2.05, 4.69) is 0 Å². The Morgan fingerprint density at radius 3 is 1.14 bits per heavy atom. The number of sulfone groups is 2. The van der Waals surface area contributed by atoms with Crippen molar-refractivity contribution in [1.29, 1.82) is 0 Å². The molecule has 0 bridgehead atoms. The largest absolute Gasteiger partial charge is 0.497 e. The van der Waals surface area contributed by atoms with Crippen LogP contribution in [0.2, 0.25) is 0 Å². The summed E-state index contributed by atoms with van der Waals surface area (Å²) in [5.41, 5.74) is 4.16. The molecule has 6 atom stereocenters. The van der Waals surface area contributed by atoms with Crippen LogP contribution in [-0.4, -0.2) is 76.5 Å². The van der Waals surface area contributed by atoms with Gasteiger partial charge in [-0.2, -0.15) is 0 Å². The molecule has 0 spiro atoms. The Morgan fingerprint density at radius 2 is 0.833 bits per heavy atom. The van der Waals surface area contributed by atoms with Crippen molar-refractivity contribution in [3.63, 3.8) is 0 Å². The van der Waals surface area contributed by atoms with E-state index in [1.807, 2.05) is 110 Å². The molecular weight excluding hydrogens is 977 g/mol. The Hall–Kier alpha value is -5.86. The van der Waals surface area contributed by atoms with Gasteiger partial charge in [0.1, 0.15) is 22.0 Å². The number of benzene rings is 6. The third kappa shape index (κ3) is 14.4. The first-order valence-corrected chi connectivity index (χ1v) is 29.1. The van der Waals surface area contributed by atoms with Gasteiger partial charge in [-0.15, -0.1) is 23.5 Å². The maximum Gasteiger partial charge on any atom is 0.187 e. The van der Waals surface area contributed by atoms with Gasteiger partial charge in [-0.3, -0.25) is 0 Å². The minimum Gasteiger partial charge on any atom is -0.497 e. The molecule has 72 heavy (non-hydrogen) atoms. The lowest BCUT2D eigenvalue weighted by Gasteiger charge is -2.31. The zero-order valence-corrected chi connectivity index (χ0v) is 44.8. The number of aliphatic hydroxyl groups excluding tert-OH is 2. The van der Waals surface area contributed by atoms with Crippen LogP contribution in [0.25, 0.3) is 12.2 Å². The van der Waals surface area contributed by atoms with Gasteiger partial charge in [0.25, 0.3) is 0 Å². The van der Waals surface area contributed by atoms with Gasteiger partial charge in [0.2, 0.25) is 0 Å². The van der Waals surface area contributed by atoms with Crippen molar-refractivity contribution in [2.75, 3.05) is 26.7 Å². The van der Waals surface area contributed by atoms with Crippen molar-refractivity contribution < 1.29 is 36.5 Å². The quantitative estimate of drug-likeness (QED) is 0.0344. The summed E-state index contributed by atoms with van der Waals surface area (Å²) in [5.74, 6) is -0.287. The molecule has 6 aromatic carbocycles. The van der Waals surface area contributed by atoms with Gasteiger partial charge in [0.15, 0.2) is 19.7 Å². The van der Waals surface area contributed by atoms with Crippen LogP contribution in [0.3, 0.4) is 0 Å². The number of methoxy groups -OCH3 is 2. The van der Waals surface area contributed by atoms with E-state index in [9.17, 15) is 27.0 Å². The van der Waals surface area contributed by atoms with E-state index in [4.69, 9.17) is 9.47 Å². The predicted octanol–water partition coefficient (Wildman–Crippen LogP) is 13.1. The van der Waals surface area contributed by atoms with E-state index < -0.39 is 54.2 Å². The van der Waals surface area contributed by atoms with Crippen molar-refractivity contribution in [1.82, 2.24) is 0 Å². The maximum absolute atomic E-state index is 14.8. The normalized spacial score (nSPS) is 15.3. The molecular formula is C60H64O8S4. The molecule has 0 fully saturated rings. The average molecular weight is 1040 g/mol. The van der Waals surface area contributed by atoms with Crippen molar-refractivity contribution in [3.8, 4) is 11.5 Å². The van der Waals surface area contributed by atoms with Crippen LogP contribution in [0.4, 0.5) is 0 Å². The van der Waals surface area contributed by atoms with E-state index in [-0.39, 0.29) is 22.6 Å². The van der Waals surface area contributed by atoms with Gasteiger partial charge in [0, 0.05) is 21.6 Å². The second-order valence-electron chi connectivity index (χ2n) is 17.3. The summed E-state index contributed by atoms with van der Waals surface area (Å²) in [6.07, 6.45) is 16.2. The Kier molecular flexibility index (Phi) is 20.6. The topological polar surface area (TPSA) is 127 Å². The third-order valence-corrected chi connectivity index (χ3v) is 18.7. The molecule has 0 aliphatic carbocycles. The van der Waals surface area contributed by atoms with Crippen LogP contribution in [0.5, 0.6) is 11.5 Å². The lowest BCUT2D eigenvalue weighted by Crippen LogP contribution is -2.39. The summed E-state index contributed by atoms with van der Waals surface area (Å²) in [4.78, 5) is 2.43. The molecule has 0 aliphatic rings. The lowest BCUT2D eigenvalue weighted by molar-refractivity contribution is 0.143. The van der Waals surface area contributed by atoms with E-state index in [1.54, 1.807) is 161 Å². The van der Waals surface area contributed by atoms with Crippen molar-refractivity contribution in [3.05, 3.63) is 228 Å². The molecule has 0 amide bonds. The molecule has 6 rings (SSSR count). The fraction of sp³-hybridized carbons (Fsp3) is 0.233. The number of rotatable bonds is 24. The van der Waals surface area contributed by atoms with E-state index >= 15 is 0 Å².